The topological polar surface area (TPSA) is 47.5 Å². The number of aromatic nitrogens is 4. The molecule has 0 amide bonds. The largest absolute Gasteiger partial charge is 0.283 e. The second kappa shape index (κ2) is 7.33. The number of hydrogen-bond acceptors (Lipinski definition) is 4. The van der Waals surface area contributed by atoms with Gasteiger partial charge in [-0.05, 0) is 43.0 Å². The zero-order valence-corrected chi connectivity index (χ0v) is 17.6. The molecule has 6 nitrogen and oxygen atoms in total. The van der Waals surface area contributed by atoms with E-state index in [1.54, 1.807) is 23.9 Å². The lowest BCUT2D eigenvalue weighted by molar-refractivity contribution is 0.244. The van der Waals surface area contributed by atoms with Crippen LogP contribution in [-0.2, 0) is 20.3 Å². The molecule has 4 rings (SSSR count). The van der Waals surface area contributed by atoms with Crippen molar-refractivity contribution in [3.05, 3.63) is 73.2 Å². The van der Waals surface area contributed by atoms with Crippen molar-refractivity contribution in [2.75, 3.05) is 7.05 Å². The Kier molecular flexibility index (Phi) is 5.01. The van der Waals surface area contributed by atoms with Crippen molar-refractivity contribution in [1.29, 1.82) is 0 Å². The van der Waals surface area contributed by atoms with Crippen LogP contribution in [0.25, 0.3) is 16.7 Å². The molecule has 0 saturated heterocycles. The van der Waals surface area contributed by atoms with Crippen molar-refractivity contribution in [3.8, 4) is 0 Å². The molecule has 0 aliphatic carbocycles. The Morgan fingerprint density at radius 1 is 1.14 bits per heavy atom. The molecular formula is C19H17Cl2N5OS. The Balaban J connectivity index is 1.76. The molecule has 0 unspecified atom stereocenters. The van der Waals surface area contributed by atoms with Crippen molar-refractivity contribution in [1.82, 2.24) is 23.6 Å². The minimum Gasteiger partial charge on any atom is -0.283 e. The number of aryl methyl sites for hydroxylation is 1. The van der Waals surface area contributed by atoms with Gasteiger partial charge in [0.15, 0.2) is 0 Å². The first kappa shape index (κ1) is 19.1. The van der Waals surface area contributed by atoms with Crippen LogP contribution in [-0.4, -0.2) is 30.7 Å². The van der Waals surface area contributed by atoms with Crippen molar-refractivity contribution in [2.45, 2.75) is 13.2 Å². The molecule has 0 atom stereocenters. The van der Waals surface area contributed by atoms with Crippen molar-refractivity contribution < 1.29 is 0 Å². The maximum absolute atomic E-state index is 12.6. The second-order valence-electron chi connectivity index (χ2n) is 6.67. The normalized spacial score (nSPS) is 11.8. The van der Waals surface area contributed by atoms with E-state index >= 15 is 0 Å². The van der Waals surface area contributed by atoms with Crippen LogP contribution in [0.1, 0.15) is 5.56 Å². The van der Waals surface area contributed by atoms with E-state index in [0.29, 0.717) is 39.2 Å². The van der Waals surface area contributed by atoms with Gasteiger partial charge >= 0.3 is 0 Å². The van der Waals surface area contributed by atoms with E-state index < -0.39 is 0 Å². The molecule has 2 heterocycles. The third-order valence-corrected chi connectivity index (χ3v) is 5.90. The number of para-hydroxylation sites is 1. The molecule has 4 aromatic rings. The number of nitrogens with zero attached hydrogens (tertiary/aromatic N) is 5. The summed E-state index contributed by atoms with van der Waals surface area (Å²) in [5.74, 6) is 0.503. The maximum Gasteiger partial charge on any atom is 0.262 e. The fourth-order valence-corrected chi connectivity index (χ4v) is 3.94. The first-order chi connectivity index (χ1) is 13.4. The van der Waals surface area contributed by atoms with Crippen LogP contribution in [0.4, 0.5) is 0 Å². The van der Waals surface area contributed by atoms with Gasteiger partial charge in [-0.15, -0.1) is 5.10 Å². The summed E-state index contributed by atoms with van der Waals surface area (Å²) < 4.78 is 5.56. The summed E-state index contributed by atoms with van der Waals surface area (Å²) in [7, 11) is 3.64. The number of benzene rings is 2. The van der Waals surface area contributed by atoms with E-state index in [9.17, 15) is 4.79 Å². The highest BCUT2D eigenvalue weighted by molar-refractivity contribution is 7.71. The molecule has 28 heavy (non-hydrogen) atoms. The van der Waals surface area contributed by atoms with Crippen LogP contribution < -0.4 is 5.56 Å². The Bertz CT molecular complexity index is 1320. The summed E-state index contributed by atoms with van der Waals surface area (Å²) in [6.45, 7) is 1.01. The molecule has 0 bridgehead atoms. The average molecular weight is 434 g/mol. The smallest absolute Gasteiger partial charge is 0.262 e. The molecule has 0 N–H and O–H groups in total. The van der Waals surface area contributed by atoms with Gasteiger partial charge in [-0.2, -0.15) is 0 Å². The van der Waals surface area contributed by atoms with E-state index in [-0.39, 0.29) is 5.56 Å². The van der Waals surface area contributed by atoms with Crippen molar-refractivity contribution in [2.24, 2.45) is 7.05 Å². The van der Waals surface area contributed by atoms with Gasteiger partial charge in [-0.1, -0.05) is 47.5 Å². The van der Waals surface area contributed by atoms with E-state index in [0.717, 1.165) is 11.1 Å². The Labute approximate surface area is 176 Å². The standard InChI is InChI=1S/C19H17Cl2N5OS/c1-23(10-12-6-5-8-14(20)16(12)21)11-25-19(28)26-15-9-4-3-7-13(15)17(27)24(2)18(26)22-25/h3-9H,10-11H2,1-2H3. The zero-order chi connectivity index (χ0) is 20.0. The summed E-state index contributed by atoms with van der Waals surface area (Å²) in [5, 5.41) is 6.26. The van der Waals surface area contributed by atoms with Gasteiger partial charge in [-0.25, -0.2) is 4.68 Å². The van der Waals surface area contributed by atoms with Crippen molar-refractivity contribution >= 4 is 52.1 Å². The molecule has 0 aliphatic rings. The van der Waals surface area contributed by atoms with Gasteiger partial charge in [0.1, 0.15) is 0 Å². The first-order valence-corrected chi connectivity index (χ1v) is 9.73. The molecule has 0 saturated carbocycles. The molecule has 2 aromatic heterocycles. The second-order valence-corrected chi connectivity index (χ2v) is 7.82. The van der Waals surface area contributed by atoms with Crippen LogP contribution in [0.3, 0.4) is 0 Å². The third kappa shape index (κ3) is 3.14. The van der Waals surface area contributed by atoms with Crippen molar-refractivity contribution in [3.63, 3.8) is 0 Å². The minimum absolute atomic E-state index is 0.102. The monoisotopic (exact) mass is 433 g/mol. The zero-order valence-electron chi connectivity index (χ0n) is 15.3. The highest BCUT2D eigenvalue weighted by Crippen LogP contribution is 2.26. The third-order valence-electron chi connectivity index (χ3n) is 4.65. The summed E-state index contributed by atoms with van der Waals surface area (Å²) >= 11 is 18.1. The summed E-state index contributed by atoms with van der Waals surface area (Å²) in [5.41, 5.74) is 1.57. The minimum atomic E-state index is -0.102. The van der Waals surface area contributed by atoms with Crippen LogP contribution in [0.5, 0.6) is 0 Å². The molecule has 0 aliphatic heterocycles. The van der Waals surface area contributed by atoms with Crippen LogP contribution in [0.2, 0.25) is 10.0 Å². The fourth-order valence-electron chi connectivity index (χ4n) is 3.28. The van der Waals surface area contributed by atoms with E-state index in [1.807, 2.05) is 46.7 Å². The lowest BCUT2D eigenvalue weighted by Crippen LogP contribution is -2.23. The molecule has 0 spiro atoms. The quantitative estimate of drug-likeness (QED) is 0.454. The van der Waals surface area contributed by atoms with E-state index in [4.69, 9.17) is 35.4 Å². The van der Waals surface area contributed by atoms with Crippen LogP contribution in [0.15, 0.2) is 47.3 Å². The highest BCUT2D eigenvalue weighted by Gasteiger charge is 2.15. The Morgan fingerprint density at radius 2 is 1.89 bits per heavy atom. The Morgan fingerprint density at radius 3 is 2.68 bits per heavy atom. The molecule has 0 fully saturated rings. The summed E-state index contributed by atoms with van der Waals surface area (Å²) in [6.07, 6.45) is 0. The fraction of sp³-hybridized carbons (Fsp3) is 0.211. The predicted molar refractivity (Wildman–Crippen MR) is 115 cm³/mol. The first-order valence-electron chi connectivity index (χ1n) is 8.57. The number of rotatable bonds is 4. The lowest BCUT2D eigenvalue weighted by Gasteiger charge is -2.17. The van der Waals surface area contributed by atoms with Crippen LogP contribution in [0, 0.1) is 4.77 Å². The van der Waals surface area contributed by atoms with E-state index in [1.165, 1.54) is 4.57 Å². The molecule has 2 aromatic carbocycles. The van der Waals surface area contributed by atoms with Gasteiger partial charge in [0.2, 0.25) is 10.5 Å². The predicted octanol–water partition coefficient (Wildman–Crippen LogP) is 4.11. The summed E-state index contributed by atoms with van der Waals surface area (Å²) in [4.78, 5) is 14.7. The van der Waals surface area contributed by atoms with Crippen LogP contribution >= 0.6 is 35.4 Å². The van der Waals surface area contributed by atoms with Gasteiger partial charge < -0.3 is 0 Å². The molecule has 9 heteroatoms. The number of hydrogen-bond donors (Lipinski definition) is 0. The van der Waals surface area contributed by atoms with Gasteiger partial charge in [0.25, 0.3) is 5.56 Å². The Hall–Kier alpha value is -2.19. The number of halogens is 2. The molecule has 0 radical (unpaired) electrons. The molecular weight excluding hydrogens is 417 g/mol. The molecule has 144 valence electrons. The van der Waals surface area contributed by atoms with Gasteiger partial charge in [0, 0.05) is 13.6 Å². The summed E-state index contributed by atoms with van der Waals surface area (Å²) in [6, 6.07) is 13.0. The SMILES string of the molecule is CN(Cc1cccc(Cl)c1Cl)Cn1nc2n(C)c(=O)c3ccccc3n2c1=S. The van der Waals surface area contributed by atoms with E-state index in [2.05, 4.69) is 5.10 Å². The lowest BCUT2D eigenvalue weighted by atomic mass is 10.2. The maximum atomic E-state index is 12.6. The number of fused-ring (bicyclic) bond motifs is 3. The highest BCUT2D eigenvalue weighted by atomic mass is 35.5. The van der Waals surface area contributed by atoms with Gasteiger partial charge in [-0.3, -0.25) is 18.7 Å². The van der Waals surface area contributed by atoms with Gasteiger partial charge in [0.05, 0.1) is 27.6 Å². The average Bonchev–Trinajstić information content (AvgIpc) is 3.00.